The smallest absolute Gasteiger partial charge is 0.129 e. The van der Waals surface area contributed by atoms with Crippen LogP contribution in [-0.4, -0.2) is 18.6 Å². The van der Waals surface area contributed by atoms with E-state index in [-0.39, 0.29) is 11.9 Å². The second kappa shape index (κ2) is 7.15. The highest BCUT2D eigenvalue weighted by Gasteiger charge is 2.14. The van der Waals surface area contributed by atoms with E-state index >= 15 is 0 Å². The van der Waals surface area contributed by atoms with Crippen LogP contribution in [0.3, 0.4) is 0 Å². The molecule has 0 bridgehead atoms. The van der Waals surface area contributed by atoms with Crippen LogP contribution in [-0.2, 0) is 0 Å². The lowest BCUT2D eigenvalue weighted by molar-refractivity contribution is 0.532. The molecule has 1 atom stereocenters. The molecule has 0 spiro atoms. The van der Waals surface area contributed by atoms with Gasteiger partial charge in [0.25, 0.3) is 0 Å². The van der Waals surface area contributed by atoms with Crippen LogP contribution < -0.4 is 5.32 Å². The van der Waals surface area contributed by atoms with Gasteiger partial charge >= 0.3 is 0 Å². The Labute approximate surface area is 106 Å². The maximum atomic E-state index is 13.7. The van der Waals surface area contributed by atoms with Crippen molar-refractivity contribution < 1.29 is 4.39 Å². The molecule has 0 heterocycles. The van der Waals surface area contributed by atoms with E-state index in [2.05, 4.69) is 12.2 Å². The summed E-state index contributed by atoms with van der Waals surface area (Å²) < 4.78 is 13.7. The summed E-state index contributed by atoms with van der Waals surface area (Å²) in [5, 5.41) is 3.79. The average Bonchev–Trinajstić information content (AvgIpc) is 2.25. The summed E-state index contributed by atoms with van der Waals surface area (Å²) in [5.41, 5.74) is 0.701. The van der Waals surface area contributed by atoms with Gasteiger partial charge in [-0.3, -0.25) is 0 Å². The lowest BCUT2D eigenvalue weighted by atomic mass is 10.1. The lowest BCUT2D eigenvalue weighted by Crippen LogP contribution is -2.25. The first-order chi connectivity index (χ1) is 7.69. The van der Waals surface area contributed by atoms with Gasteiger partial charge in [0.1, 0.15) is 5.82 Å². The van der Waals surface area contributed by atoms with Crippen LogP contribution in [0.25, 0.3) is 0 Å². The van der Waals surface area contributed by atoms with Gasteiger partial charge in [-0.05, 0) is 31.4 Å². The zero-order valence-corrected chi connectivity index (χ0v) is 11.2. The molecular formula is C12H17ClFNS. The van der Waals surface area contributed by atoms with E-state index in [1.165, 1.54) is 6.07 Å². The minimum atomic E-state index is -0.227. The maximum absolute atomic E-state index is 13.7. The molecule has 0 aromatic heterocycles. The van der Waals surface area contributed by atoms with Gasteiger partial charge in [0.05, 0.1) is 0 Å². The van der Waals surface area contributed by atoms with Crippen molar-refractivity contribution in [3.05, 3.63) is 34.6 Å². The van der Waals surface area contributed by atoms with Crippen molar-refractivity contribution >= 4 is 23.4 Å². The molecule has 0 aliphatic carbocycles. The SMILES string of the molecule is CCCNC(CSC)c1ccc(Cl)cc1F. The second-order valence-electron chi connectivity index (χ2n) is 3.63. The van der Waals surface area contributed by atoms with Gasteiger partial charge < -0.3 is 5.32 Å². The molecular weight excluding hydrogens is 245 g/mol. The molecule has 1 nitrogen and oxygen atoms in total. The van der Waals surface area contributed by atoms with Crippen molar-refractivity contribution in [2.24, 2.45) is 0 Å². The molecule has 0 fully saturated rings. The summed E-state index contributed by atoms with van der Waals surface area (Å²) in [4.78, 5) is 0. The fourth-order valence-electron chi connectivity index (χ4n) is 1.53. The summed E-state index contributed by atoms with van der Waals surface area (Å²) in [6, 6.07) is 4.94. The molecule has 0 radical (unpaired) electrons. The molecule has 1 aromatic carbocycles. The number of rotatable bonds is 6. The normalized spacial score (nSPS) is 12.8. The molecule has 1 aromatic rings. The van der Waals surface area contributed by atoms with Crippen LogP contribution in [0.5, 0.6) is 0 Å². The third kappa shape index (κ3) is 3.96. The molecule has 16 heavy (non-hydrogen) atoms. The Morgan fingerprint density at radius 1 is 1.50 bits per heavy atom. The molecule has 1 N–H and O–H groups in total. The highest BCUT2D eigenvalue weighted by Crippen LogP contribution is 2.23. The third-order valence-electron chi connectivity index (χ3n) is 2.31. The Morgan fingerprint density at radius 2 is 2.25 bits per heavy atom. The van der Waals surface area contributed by atoms with E-state index in [0.717, 1.165) is 18.7 Å². The molecule has 0 amide bonds. The van der Waals surface area contributed by atoms with Gasteiger partial charge in [0.15, 0.2) is 0 Å². The van der Waals surface area contributed by atoms with Gasteiger partial charge in [0, 0.05) is 22.4 Å². The minimum Gasteiger partial charge on any atom is -0.309 e. The van der Waals surface area contributed by atoms with Gasteiger partial charge in [-0.1, -0.05) is 24.6 Å². The molecule has 0 aliphatic rings. The summed E-state index contributed by atoms with van der Waals surface area (Å²) >= 11 is 7.44. The molecule has 0 aliphatic heterocycles. The first kappa shape index (κ1) is 13.8. The van der Waals surface area contributed by atoms with Crippen LogP contribution in [0.1, 0.15) is 24.9 Å². The third-order valence-corrected chi connectivity index (χ3v) is 3.21. The first-order valence-electron chi connectivity index (χ1n) is 5.36. The van der Waals surface area contributed by atoms with Crippen molar-refractivity contribution in [1.82, 2.24) is 5.32 Å². The molecule has 0 saturated heterocycles. The minimum absolute atomic E-state index is 0.0622. The molecule has 90 valence electrons. The van der Waals surface area contributed by atoms with Crippen molar-refractivity contribution in [1.29, 1.82) is 0 Å². The van der Waals surface area contributed by atoms with E-state index < -0.39 is 0 Å². The van der Waals surface area contributed by atoms with E-state index in [9.17, 15) is 4.39 Å². The number of nitrogens with one attached hydrogen (secondary N) is 1. The molecule has 1 rings (SSSR count). The Balaban J connectivity index is 2.82. The summed E-state index contributed by atoms with van der Waals surface area (Å²) in [5.74, 6) is 0.633. The Hall–Kier alpha value is -0.250. The monoisotopic (exact) mass is 261 g/mol. The zero-order valence-electron chi connectivity index (χ0n) is 9.59. The maximum Gasteiger partial charge on any atom is 0.129 e. The summed E-state index contributed by atoms with van der Waals surface area (Å²) in [6.07, 6.45) is 3.06. The first-order valence-corrected chi connectivity index (χ1v) is 7.13. The van der Waals surface area contributed by atoms with Crippen molar-refractivity contribution in [3.63, 3.8) is 0 Å². The molecule has 0 saturated carbocycles. The van der Waals surface area contributed by atoms with Crippen LogP contribution >= 0.6 is 23.4 Å². The number of benzene rings is 1. The Kier molecular flexibility index (Phi) is 6.17. The van der Waals surface area contributed by atoms with Crippen molar-refractivity contribution in [2.75, 3.05) is 18.6 Å². The zero-order chi connectivity index (χ0) is 12.0. The van der Waals surface area contributed by atoms with E-state index in [1.807, 2.05) is 6.26 Å². The Morgan fingerprint density at radius 3 is 2.81 bits per heavy atom. The predicted molar refractivity (Wildman–Crippen MR) is 70.8 cm³/mol. The molecule has 4 heteroatoms. The highest BCUT2D eigenvalue weighted by molar-refractivity contribution is 7.98. The fraction of sp³-hybridized carbons (Fsp3) is 0.500. The van der Waals surface area contributed by atoms with Crippen LogP contribution in [0.15, 0.2) is 18.2 Å². The van der Waals surface area contributed by atoms with Gasteiger partial charge in [-0.25, -0.2) is 4.39 Å². The van der Waals surface area contributed by atoms with Crippen molar-refractivity contribution in [2.45, 2.75) is 19.4 Å². The predicted octanol–water partition coefficient (Wildman–Crippen LogP) is 3.88. The lowest BCUT2D eigenvalue weighted by Gasteiger charge is -2.18. The van der Waals surface area contributed by atoms with Gasteiger partial charge in [-0.15, -0.1) is 0 Å². The topological polar surface area (TPSA) is 12.0 Å². The van der Waals surface area contributed by atoms with E-state index in [0.29, 0.717) is 10.6 Å². The largest absolute Gasteiger partial charge is 0.309 e. The fourth-order valence-corrected chi connectivity index (χ4v) is 2.32. The van der Waals surface area contributed by atoms with Crippen LogP contribution in [0.2, 0.25) is 5.02 Å². The van der Waals surface area contributed by atoms with Gasteiger partial charge in [0.2, 0.25) is 0 Å². The number of hydrogen-bond donors (Lipinski definition) is 1. The van der Waals surface area contributed by atoms with Crippen molar-refractivity contribution in [3.8, 4) is 0 Å². The Bertz CT molecular complexity index is 333. The summed E-state index contributed by atoms with van der Waals surface area (Å²) in [6.45, 7) is 2.99. The number of thioether (sulfide) groups is 1. The number of hydrogen-bond acceptors (Lipinski definition) is 2. The summed E-state index contributed by atoms with van der Waals surface area (Å²) in [7, 11) is 0. The van der Waals surface area contributed by atoms with Crippen LogP contribution in [0.4, 0.5) is 4.39 Å². The van der Waals surface area contributed by atoms with Gasteiger partial charge in [-0.2, -0.15) is 11.8 Å². The van der Waals surface area contributed by atoms with E-state index in [4.69, 9.17) is 11.6 Å². The molecule has 1 unspecified atom stereocenters. The highest BCUT2D eigenvalue weighted by atomic mass is 35.5. The van der Waals surface area contributed by atoms with E-state index in [1.54, 1.807) is 23.9 Å². The number of halogens is 2. The second-order valence-corrected chi connectivity index (χ2v) is 4.98. The average molecular weight is 262 g/mol. The quantitative estimate of drug-likeness (QED) is 0.834. The van der Waals surface area contributed by atoms with Crippen LogP contribution in [0, 0.1) is 5.82 Å². The standard InChI is InChI=1S/C12H17ClFNS/c1-3-6-15-12(8-16-2)10-5-4-9(13)7-11(10)14/h4-5,7,12,15H,3,6,8H2,1-2H3.